The smallest absolute Gasteiger partial charge is 0.191 e. The molecule has 1 aromatic rings. The van der Waals surface area contributed by atoms with Gasteiger partial charge in [0.25, 0.3) is 0 Å². The molecule has 17 heavy (non-hydrogen) atoms. The zero-order valence-corrected chi connectivity index (χ0v) is 11.0. The maximum Gasteiger partial charge on any atom is 0.191 e. The molecule has 0 radical (unpaired) electrons. The molecule has 4 nitrogen and oxygen atoms in total. The van der Waals surface area contributed by atoms with Crippen molar-refractivity contribution in [3.63, 3.8) is 0 Å². The monoisotopic (exact) mass is 252 g/mol. The van der Waals surface area contributed by atoms with E-state index in [2.05, 4.69) is 19.7 Å². The normalized spacial score (nSPS) is 21.9. The zero-order valence-electron chi connectivity index (χ0n) is 10.2. The first kappa shape index (κ1) is 11.5. The van der Waals surface area contributed by atoms with Crippen LogP contribution >= 0.6 is 11.8 Å². The van der Waals surface area contributed by atoms with E-state index in [0.717, 1.165) is 10.9 Å². The average molecular weight is 252 g/mol. The van der Waals surface area contributed by atoms with Gasteiger partial charge in [-0.15, -0.1) is 10.2 Å². The Morgan fingerprint density at radius 3 is 2.82 bits per heavy atom. The van der Waals surface area contributed by atoms with Gasteiger partial charge in [0.2, 0.25) is 0 Å². The summed E-state index contributed by atoms with van der Waals surface area (Å²) in [5.41, 5.74) is 0. The van der Waals surface area contributed by atoms with Gasteiger partial charge in [-0.2, -0.15) is 0 Å². The number of likely N-dealkylation sites (tertiary alicyclic amines) is 1. The fraction of sp³-hybridized carbons (Fsp3) is 0.833. The van der Waals surface area contributed by atoms with Crippen molar-refractivity contribution in [1.29, 1.82) is 0 Å². The van der Waals surface area contributed by atoms with Crippen LogP contribution in [0, 0.1) is 0 Å². The number of nitrogens with zero attached hydrogens (tertiary/aromatic N) is 4. The van der Waals surface area contributed by atoms with Crippen molar-refractivity contribution in [2.75, 3.05) is 25.4 Å². The van der Waals surface area contributed by atoms with Gasteiger partial charge in [0.1, 0.15) is 6.33 Å². The van der Waals surface area contributed by atoms with Crippen LogP contribution in [-0.4, -0.2) is 45.1 Å². The summed E-state index contributed by atoms with van der Waals surface area (Å²) in [6.07, 6.45) is 8.67. The highest BCUT2D eigenvalue weighted by Gasteiger charge is 2.26. The van der Waals surface area contributed by atoms with Crippen molar-refractivity contribution in [3.8, 4) is 0 Å². The summed E-state index contributed by atoms with van der Waals surface area (Å²) < 4.78 is 2.25. The summed E-state index contributed by atoms with van der Waals surface area (Å²) in [4.78, 5) is 2.58. The summed E-state index contributed by atoms with van der Waals surface area (Å²) in [6, 6.07) is 0.697. The van der Waals surface area contributed by atoms with E-state index in [1.54, 1.807) is 0 Å². The molecule has 0 unspecified atom stereocenters. The van der Waals surface area contributed by atoms with Gasteiger partial charge in [-0.3, -0.25) is 0 Å². The third-order valence-electron chi connectivity index (χ3n) is 3.57. The third-order valence-corrected chi connectivity index (χ3v) is 4.51. The molecular formula is C12H20N4S. The summed E-state index contributed by atoms with van der Waals surface area (Å²) in [5.74, 6) is 1.14. The lowest BCUT2D eigenvalue weighted by molar-refractivity contribution is 0.242. The zero-order chi connectivity index (χ0) is 11.5. The Morgan fingerprint density at radius 2 is 2.06 bits per heavy atom. The fourth-order valence-corrected chi connectivity index (χ4v) is 3.37. The number of aromatic nitrogens is 3. The summed E-state index contributed by atoms with van der Waals surface area (Å²) in [6.45, 7) is 3.77. The van der Waals surface area contributed by atoms with Crippen LogP contribution in [0.2, 0.25) is 0 Å². The molecule has 1 aliphatic carbocycles. The van der Waals surface area contributed by atoms with E-state index in [1.165, 1.54) is 51.7 Å². The second-order valence-electron chi connectivity index (χ2n) is 5.00. The summed E-state index contributed by atoms with van der Waals surface area (Å²) in [5, 5.41) is 9.36. The van der Waals surface area contributed by atoms with Gasteiger partial charge in [0.05, 0.1) is 0 Å². The van der Waals surface area contributed by atoms with Gasteiger partial charge in [-0.05, 0) is 38.8 Å². The minimum absolute atomic E-state index is 0.697. The summed E-state index contributed by atoms with van der Waals surface area (Å²) in [7, 11) is 0. The van der Waals surface area contributed by atoms with E-state index < -0.39 is 0 Å². The molecule has 3 rings (SSSR count). The molecule has 2 fully saturated rings. The average Bonchev–Trinajstić information content (AvgIpc) is 3.11. The SMILES string of the molecule is c1nnc(SCCN2CCCCC2)n1C1CC1. The van der Waals surface area contributed by atoms with Crippen LogP contribution in [0.5, 0.6) is 0 Å². The molecule has 2 aliphatic rings. The van der Waals surface area contributed by atoms with Crippen molar-refractivity contribution in [3.05, 3.63) is 6.33 Å². The van der Waals surface area contributed by atoms with E-state index in [1.807, 2.05) is 18.1 Å². The molecular weight excluding hydrogens is 232 g/mol. The minimum Gasteiger partial charge on any atom is -0.306 e. The van der Waals surface area contributed by atoms with Gasteiger partial charge in [0.15, 0.2) is 5.16 Å². The van der Waals surface area contributed by atoms with Crippen molar-refractivity contribution in [1.82, 2.24) is 19.7 Å². The van der Waals surface area contributed by atoms with Gasteiger partial charge in [0, 0.05) is 18.3 Å². The first-order valence-electron chi connectivity index (χ1n) is 6.68. The number of hydrogen-bond acceptors (Lipinski definition) is 4. The Morgan fingerprint density at radius 1 is 1.24 bits per heavy atom. The lowest BCUT2D eigenvalue weighted by atomic mass is 10.1. The van der Waals surface area contributed by atoms with Crippen LogP contribution in [0.15, 0.2) is 11.5 Å². The molecule has 94 valence electrons. The maximum atomic E-state index is 4.22. The van der Waals surface area contributed by atoms with Gasteiger partial charge >= 0.3 is 0 Å². The first-order chi connectivity index (χ1) is 8.43. The topological polar surface area (TPSA) is 34.0 Å². The molecule has 1 saturated heterocycles. The molecule has 1 aliphatic heterocycles. The van der Waals surface area contributed by atoms with Crippen LogP contribution in [-0.2, 0) is 0 Å². The van der Waals surface area contributed by atoms with Gasteiger partial charge in [-0.1, -0.05) is 18.2 Å². The predicted molar refractivity (Wildman–Crippen MR) is 69.3 cm³/mol. The molecule has 1 aromatic heterocycles. The first-order valence-corrected chi connectivity index (χ1v) is 7.67. The predicted octanol–water partition coefficient (Wildman–Crippen LogP) is 2.19. The Balaban J connectivity index is 1.45. The minimum atomic E-state index is 0.697. The van der Waals surface area contributed by atoms with Crippen LogP contribution in [0.1, 0.15) is 38.1 Å². The number of thioether (sulfide) groups is 1. The Kier molecular flexibility index (Phi) is 3.66. The molecule has 0 N–H and O–H groups in total. The number of hydrogen-bond donors (Lipinski definition) is 0. The van der Waals surface area contributed by atoms with Crippen LogP contribution in [0.3, 0.4) is 0 Å². The fourth-order valence-electron chi connectivity index (χ4n) is 2.39. The molecule has 0 spiro atoms. The van der Waals surface area contributed by atoms with E-state index in [-0.39, 0.29) is 0 Å². The second kappa shape index (κ2) is 5.40. The Bertz CT molecular complexity index is 355. The van der Waals surface area contributed by atoms with E-state index in [4.69, 9.17) is 0 Å². The highest BCUT2D eigenvalue weighted by Crippen LogP contribution is 2.37. The van der Waals surface area contributed by atoms with Crippen molar-refractivity contribution in [2.24, 2.45) is 0 Å². The van der Waals surface area contributed by atoms with Crippen molar-refractivity contribution in [2.45, 2.75) is 43.3 Å². The second-order valence-corrected chi connectivity index (χ2v) is 6.06. The standard InChI is InChI=1S/C12H20N4S/c1-2-6-15(7-3-1)8-9-17-12-14-13-10-16(12)11-4-5-11/h10-11H,1-9H2. The van der Waals surface area contributed by atoms with Crippen molar-refractivity contribution >= 4 is 11.8 Å². The number of piperidine rings is 1. The Hall–Kier alpha value is -0.550. The van der Waals surface area contributed by atoms with Crippen LogP contribution in [0.25, 0.3) is 0 Å². The van der Waals surface area contributed by atoms with Crippen molar-refractivity contribution < 1.29 is 0 Å². The van der Waals surface area contributed by atoms with Crippen LogP contribution < -0.4 is 0 Å². The number of rotatable bonds is 5. The molecule has 5 heteroatoms. The van der Waals surface area contributed by atoms with Crippen LogP contribution in [0.4, 0.5) is 0 Å². The maximum absolute atomic E-state index is 4.22. The summed E-state index contributed by atoms with van der Waals surface area (Å²) >= 11 is 1.86. The lowest BCUT2D eigenvalue weighted by Crippen LogP contribution is -2.31. The quantitative estimate of drug-likeness (QED) is 0.752. The molecule has 0 atom stereocenters. The highest BCUT2D eigenvalue weighted by atomic mass is 32.2. The van der Waals surface area contributed by atoms with Gasteiger partial charge < -0.3 is 9.47 Å². The lowest BCUT2D eigenvalue weighted by Gasteiger charge is -2.25. The molecule has 0 bridgehead atoms. The molecule has 0 amide bonds. The molecule has 1 saturated carbocycles. The van der Waals surface area contributed by atoms with Gasteiger partial charge in [-0.25, -0.2) is 0 Å². The third kappa shape index (κ3) is 3.01. The van der Waals surface area contributed by atoms with E-state index in [0.29, 0.717) is 6.04 Å². The molecule has 0 aromatic carbocycles. The Labute approximate surface area is 107 Å². The largest absolute Gasteiger partial charge is 0.306 e. The van der Waals surface area contributed by atoms with E-state index in [9.17, 15) is 0 Å². The molecule has 2 heterocycles. The van der Waals surface area contributed by atoms with E-state index >= 15 is 0 Å². The highest BCUT2D eigenvalue weighted by molar-refractivity contribution is 7.99.